The Balaban J connectivity index is 1.39. The largest absolute Gasteiger partial charge is 0.439 e. The Kier molecular flexibility index (Phi) is 6.38. The number of aromatic nitrogens is 5. The highest BCUT2D eigenvalue weighted by Crippen LogP contribution is 2.32. The second kappa shape index (κ2) is 9.92. The lowest BCUT2D eigenvalue weighted by Gasteiger charge is -2.35. The Hall–Kier alpha value is -4.27. The smallest absolute Gasteiger partial charge is 0.256 e. The lowest BCUT2D eigenvalue weighted by molar-refractivity contribution is 0.0598. The summed E-state index contributed by atoms with van der Waals surface area (Å²) in [6, 6.07) is 10.7. The summed E-state index contributed by atoms with van der Waals surface area (Å²) >= 11 is 0. The first-order valence-electron chi connectivity index (χ1n) is 11.4. The van der Waals surface area contributed by atoms with E-state index in [1.54, 1.807) is 48.9 Å². The van der Waals surface area contributed by atoms with Gasteiger partial charge < -0.3 is 9.64 Å². The van der Waals surface area contributed by atoms with Crippen molar-refractivity contribution in [2.75, 3.05) is 6.54 Å². The van der Waals surface area contributed by atoms with Gasteiger partial charge in [0, 0.05) is 42.5 Å². The van der Waals surface area contributed by atoms with Gasteiger partial charge in [0.2, 0.25) is 5.88 Å². The molecule has 0 unspecified atom stereocenters. The summed E-state index contributed by atoms with van der Waals surface area (Å²) in [5, 5.41) is 0. The Bertz CT molecular complexity index is 1320. The molecule has 1 atom stereocenters. The van der Waals surface area contributed by atoms with Crippen LogP contribution in [-0.4, -0.2) is 42.3 Å². The van der Waals surface area contributed by atoms with E-state index in [1.807, 2.05) is 11.8 Å². The van der Waals surface area contributed by atoms with Gasteiger partial charge in [0.15, 0.2) is 5.82 Å². The van der Waals surface area contributed by atoms with Crippen molar-refractivity contribution in [1.82, 2.24) is 29.8 Å². The van der Waals surface area contributed by atoms with Gasteiger partial charge in [-0.15, -0.1) is 0 Å². The van der Waals surface area contributed by atoms with E-state index in [2.05, 4.69) is 24.9 Å². The Morgan fingerprint density at radius 3 is 2.57 bits per heavy atom. The monoisotopic (exact) mass is 470 g/mol. The molecule has 1 aliphatic rings. The summed E-state index contributed by atoms with van der Waals surface area (Å²) in [5.74, 6) is 0.897. The molecule has 8 nitrogen and oxygen atoms in total. The molecule has 5 rings (SSSR count). The molecule has 4 aromatic rings. The molecule has 1 aliphatic heterocycles. The lowest BCUT2D eigenvalue weighted by atomic mass is 10.00. The average Bonchev–Trinajstić information content (AvgIpc) is 2.90. The third-order valence-corrected chi connectivity index (χ3v) is 5.81. The number of likely N-dealkylation sites (tertiary alicyclic amines) is 1. The van der Waals surface area contributed by atoms with E-state index in [0.717, 1.165) is 30.5 Å². The van der Waals surface area contributed by atoms with E-state index in [-0.39, 0.29) is 17.8 Å². The van der Waals surface area contributed by atoms with Crippen LogP contribution in [0.25, 0.3) is 11.3 Å². The normalized spacial score (nSPS) is 15.6. The lowest BCUT2D eigenvalue weighted by Crippen LogP contribution is -2.39. The van der Waals surface area contributed by atoms with Crippen LogP contribution in [0.3, 0.4) is 0 Å². The molecule has 0 spiro atoms. The highest BCUT2D eigenvalue weighted by molar-refractivity contribution is 5.94. The van der Waals surface area contributed by atoms with Crippen LogP contribution in [0.4, 0.5) is 4.39 Å². The number of amides is 1. The highest BCUT2D eigenvalue weighted by atomic mass is 19.1. The molecule has 1 fully saturated rings. The molecular formula is C26H23FN6O2. The van der Waals surface area contributed by atoms with Crippen LogP contribution in [-0.2, 0) is 0 Å². The second-order valence-corrected chi connectivity index (χ2v) is 8.33. The molecule has 35 heavy (non-hydrogen) atoms. The van der Waals surface area contributed by atoms with Crippen molar-refractivity contribution >= 4 is 5.91 Å². The minimum atomic E-state index is -0.340. The molecule has 0 aliphatic carbocycles. The molecular weight excluding hydrogens is 447 g/mol. The summed E-state index contributed by atoms with van der Waals surface area (Å²) in [7, 11) is 0. The van der Waals surface area contributed by atoms with Gasteiger partial charge in [-0.25, -0.2) is 19.3 Å². The number of carbonyl (C=O) groups is 1. The van der Waals surface area contributed by atoms with Gasteiger partial charge in [-0.3, -0.25) is 9.78 Å². The number of benzene rings is 1. The topological polar surface area (TPSA) is 94.0 Å². The van der Waals surface area contributed by atoms with E-state index in [4.69, 9.17) is 4.74 Å². The van der Waals surface area contributed by atoms with Gasteiger partial charge in [0.25, 0.3) is 5.91 Å². The van der Waals surface area contributed by atoms with E-state index in [9.17, 15) is 9.18 Å². The van der Waals surface area contributed by atoms with Crippen LogP contribution in [0.2, 0.25) is 0 Å². The molecule has 1 aromatic carbocycles. The van der Waals surface area contributed by atoms with Gasteiger partial charge in [0.1, 0.15) is 17.9 Å². The second-order valence-electron chi connectivity index (χ2n) is 8.33. The molecule has 9 heteroatoms. The summed E-state index contributed by atoms with van der Waals surface area (Å²) in [4.78, 5) is 37.0. The van der Waals surface area contributed by atoms with Crippen molar-refractivity contribution in [2.24, 2.45) is 0 Å². The fraction of sp³-hybridized carbons (Fsp3) is 0.231. The number of piperidine rings is 1. The fourth-order valence-electron chi connectivity index (χ4n) is 4.12. The van der Waals surface area contributed by atoms with Crippen molar-refractivity contribution in [3.8, 4) is 22.9 Å². The van der Waals surface area contributed by atoms with E-state index < -0.39 is 0 Å². The molecule has 0 bridgehead atoms. The number of nitrogens with zero attached hydrogens (tertiary/aromatic N) is 6. The van der Waals surface area contributed by atoms with Crippen molar-refractivity contribution in [3.63, 3.8) is 0 Å². The van der Waals surface area contributed by atoms with Gasteiger partial charge >= 0.3 is 0 Å². The third-order valence-electron chi connectivity index (χ3n) is 5.81. The van der Waals surface area contributed by atoms with Crippen LogP contribution in [0.5, 0.6) is 11.6 Å². The molecule has 0 N–H and O–H groups in total. The van der Waals surface area contributed by atoms with Crippen LogP contribution < -0.4 is 4.74 Å². The van der Waals surface area contributed by atoms with Crippen LogP contribution in [0.15, 0.2) is 67.4 Å². The zero-order valence-corrected chi connectivity index (χ0v) is 19.1. The average molecular weight is 471 g/mol. The zero-order chi connectivity index (χ0) is 24.2. The summed E-state index contributed by atoms with van der Waals surface area (Å²) < 4.78 is 19.1. The fourth-order valence-corrected chi connectivity index (χ4v) is 4.12. The SMILES string of the molecule is Cc1cc(Oc2ccc(F)cc2)nc([C@H]2CCCCN2C(=O)c2ccc(-c3cncnc3)nc2)n1. The Morgan fingerprint density at radius 2 is 1.83 bits per heavy atom. The number of aryl methyl sites for hydroxylation is 1. The Labute approximate surface area is 201 Å². The minimum absolute atomic E-state index is 0.121. The van der Waals surface area contributed by atoms with Crippen molar-refractivity contribution in [3.05, 3.63) is 90.3 Å². The van der Waals surface area contributed by atoms with Crippen molar-refractivity contribution < 1.29 is 13.9 Å². The van der Waals surface area contributed by atoms with Gasteiger partial charge in [-0.1, -0.05) is 0 Å². The minimum Gasteiger partial charge on any atom is -0.439 e. The molecule has 0 radical (unpaired) electrons. The van der Waals surface area contributed by atoms with Crippen molar-refractivity contribution in [2.45, 2.75) is 32.2 Å². The molecule has 1 saturated heterocycles. The van der Waals surface area contributed by atoms with Gasteiger partial charge in [0.05, 0.1) is 17.3 Å². The number of ether oxygens (including phenoxy) is 1. The molecule has 3 aromatic heterocycles. The zero-order valence-electron chi connectivity index (χ0n) is 19.1. The summed E-state index contributed by atoms with van der Waals surface area (Å²) in [6.45, 7) is 2.46. The van der Waals surface area contributed by atoms with E-state index in [1.165, 1.54) is 18.5 Å². The molecule has 1 amide bonds. The number of hydrogen-bond donors (Lipinski definition) is 0. The predicted octanol–water partition coefficient (Wildman–Crippen LogP) is 4.94. The number of halogens is 1. The van der Waals surface area contributed by atoms with Gasteiger partial charge in [-0.05, 0) is 62.6 Å². The number of hydrogen-bond acceptors (Lipinski definition) is 7. The summed E-state index contributed by atoms with van der Waals surface area (Å²) in [5.41, 5.74) is 2.69. The molecule has 0 saturated carbocycles. The van der Waals surface area contributed by atoms with Crippen LogP contribution in [0.1, 0.15) is 47.2 Å². The maximum atomic E-state index is 13.5. The van der Waals surface area contributed by atoms with Crippen LogP contribution >= 0.6 is 0 Å². The molecule has 176 valence electrons. The highest BCUT2D eigenvalue weighted by Gasteiger charge is 2.31. The number of carbonyl (C=O) groups excluding carboxylic acids is 1. The first-order chi connectivity index (χ1) is 17.1. The maximum absolute atomic E-state index is 13.5. The Morgan fingerprint density at radius 1 is 1.03 bits per heavy atom. The van der Waals surface area contributed by atoms with Gasteiger partial charge in [-0.2, -0.15) is 4.98 Å². The summed E-state index contributed by atoms with van der Waals surface area (Å²) in [6.07, 6.45) is 9.01. The third kappa shape index (κ3) is 5.13. The first-order valence-corrected chi connectivity index (χ1v) is 11.4. The van der Waals surface area contributed by atoms with Crippen molar-refractivity contribution in [1.29, 1.82) is 0 Å². The quantitative estimate of drug-likeness (QED) is 0.408. The number of pyridine rings is 1. The maximum Gasteiger partial charge on any atom is 0.256 e. The molecule has 4 heterocycles. The predicted molar refractivity (Wildman–Crippen MR) is 126 cm³/mol. The first kappa shape index (κ1) is 22.5. The van der Waals surface area contributed by atoms with Crippen LogP contribution in [0, 0.1) is 12.7 Å². The van der Waals surface area contributed by atoms with E-state index in [0.29, 0.717) is 35.3 Å². The number of rotatable bonds is 5. The standard InChI is InChI=1S/C26H23FN6O2/c1-17-12-24(35-21-8-6-20(27)7-9-21)32-25(31-17)23-4-2-3-11-33(23)26(34)18-5-10-22(30-15-18)19-13-28-16-29-14-19/h5-10,12-16,23H,2-4,11H2,1H3/t23-/m1/s1. The van der Waals surface area contributed by atoms with E-state index >= 15 is 0 Å².